The first kappa shape index (κ1) is 15.3. The fraction of sp³-hybridized carbons (Fsp3) is 0.867. The fourth-order valence-corrected chi connectivity index (χ4v) is 2.82. The summed E-state index contributed by atoms with van der Waals surface area (Å²) in [5.41, 5.74) is -0.751. The highest BCUT2D eigenvalue weighted by Gasteiger charge is 2.41. The van der Waals surface area contributed by atoms with Crippen LogP contribution in [0.2, 0.25) is 0 Å². The van der Waals surface area contributed by atoms with Gasteiger partial charge in [-0.1, -0.05) is 6.92 Å². The second kappa shape index (κ2) is 6.57. The molecule has 3 N–H and O–H groups in total. The molecule has 2 rings (SSSR count). The Balaban J connectivity index is 1.73. The van der Waals surface area contributed by atoms with Crippen LogP contribution in [-0.4, -0.2) is 36.6 Å². The van der Waals surface area contributed by atoms with Gasteiger partial charge in [0.15, 0.2) is 0 Å². The Morgan fingerprint density at radius 2 is 1.85 bits per heavy atom. The quantitative estimate of drug-likeness (QED) is 0.659. The van der Waals surface area contributed by atoms with Gasteiger partial charge in [0.2, 0.25) is 5.91 Å². The smallest absolute Gasteiger partial charge is 0.311 e. The molecule has 0 bridgehead atoms. The molecule has 0 aromatic rings. The van der Waals surface area contributed by atoms with Crippen LogP contribution in [-0.2, 0) is 9.59 Å². The van der Waals surface area contributed by atoms with Crippen LogP contribution in [0.1, 0.15) is 45.4 Å². The first-order valence-corrected chi connectivity index (χ1v) is 7.73. The lowest BCUT2D eigenvalue weighted by Crippen LogP contribution is -2.47. The minimum Gasteiger partial charge on any atom is -0.481 e. The fourth-order valence-electron chi connectivity index (χ4n) is 2.82. The maximum Gasteiger partial charge on any atom is 0.311 e. The molecule has 5 heteroatoms. The van der Waals surface area contributed by atoms with Crippen molar-refractivity contribution in [1.82, 2.24) is 10.6 Å². The molecule has 114 valence electrons. The Bertz CT molecular complexity index is 358. The lowest BCUT2D eigenvalue weighted by molar-refractivity contribution is -0.151. The molecule has 0 saturated heterocycles. The van der Waals surface area contributed by atoms with Crippen molar-refractivity contribution in [1.29, 1.82) is 0 Å². The maximum absolute atomic E-state index is 11.8. The molecule has 1 amide bonds. The van der Waals surface area contributed by atoms with E-state index in [2.05, 4.69) is 17.6 Å². The van der Waals surface area contributed by atoms with Crippen LogP contribution in [0.5, 0.6) is 0 Å². The van der Waals surface area contributed by atoms with Crippen molar-refractivity contribution in [3.05, 3.63) is 0 Å². The van der Waals surface area contributed by atoms with Gasteiger partial charge in [-0.3, -0.25) is 9.59 Å². The second-order valence-electron chi connectivity index (χ2n) is 6.62. The Hall–Kier alpha value is -1.10. The number of nitrogens with one attached hydrogen (secondary N) is 2. The molecule has 2 aliphatic carbocycles. The van der Waals surface area contributed by atoms with Crippen LogP contribution < -0.4 is 10.6 Å². The molecule has 0 aromatic carbocycles. The van der Waals surface area contributed by atoms with Gasteiger partial charge in [-0.15, -0.1) is 0 Å². The highest BCUT2D eigenvalue weighted by molar-refractivity contribution is 5.80. The zero-order valence-corrected chi connectivity index (χ0v) is 12.3. The first-order chi connectivity index (χ1) is 9.52. The van der Waals surface area contributed by atoms with Gasteiger partial charge in [-0.05, 0) is 56.9 Å². The summed E-state index contributed by atoms with van der Waals surface area (Å²) in [6, 6.07) is 0. The number of hydrogen-bond acceptors (Lipinski definition) is 3. The van der Waals surface area contributed by atoms with Crippen molar-refractivity contribution in [2.45, 2.75) is 45.4 Å². The Morgan fingerprint density at radius 3 is 2.40 bits per heavy atom. The lowest BCUT2D eigenvalue weighted by atomic mass is 9.71. The predicted molar refractivity (Wildman–Crippen MR) is 76.3 cm³/mol. The van der Waals surface area contributed by atoms with Crippen LogP contribution >= 0.6 is 0 Å². The van der Waals surface area contributed by atoms with E-state index in [-0.39, 0.29) is 12.5 Å². The zero-order chi connectivity index (χ0) is 14.6. The molecule has 2 fully saturated rings. The van der Waals surface area contributed by atoms with Crippen LogP contribution in [0.25, 0.3) is 0 Å². The first-order valence-electron chi connectivity index (χ1n) is 7.73. The second-order valence-corrected chi connectivity index (χ2v) is 6.62. The molecule has 2 aliphatic rings. The molecule has 5 nitrogen and oxygen atoms in total. The van der Waals surface area contributed by atoms with Gasteiger partial charge in [-0.2, -0.15) is 0 Å². The average molecular weight is 282 g/mol. The van der Waals surface area contributed by atoms with Crippen LogP contribution in [0.15, 0.2) is 0 Å². The minimum absolute atomic E-state index is 0.0927. The Kier molecular flexibility index (Phi) is 5.02. The molecule has 0 aliphatic heterocycles. The summed E-state index contributed by atoms with van der Waals surface area (Å²) in [6.45, 7) is 3.61. The van der Waals surface area contributed by atoms with Gasteiger partial charge in [-0.25, -0.2) is 0 Å². The summed E-state index contributed by atoms with van der Waals surface area (Å²) in [6.07, 6.45) is 5.71. The molecule has 0 radical (unpaired) electrons. The number of carbonyl (C=O) groups excluding carboxylic acids is 1. The third kappa shape index (κ3) is 4.20. The number of rotatable bonds is 7. The number of aliphatic carboxylic acids is 1. The summed E-state index contributed by atoms with van der Waals surface area (Å²) in [5.74, 6) is 0.479. The standard InChI is InChI=1S/C15H26N2O3/c1-11-4-6-15(7-5-11,14(19)20)10-17-13(18)9-16-8-12-2-3-12/h11-12,16H,2-10H2,1H3,(H,17,18)(H,19,20). The van der Waals surface area contributed by atoms with Crippen molar-refractivity contribution in [3.63, 3.8) is 0 Å². The SMILES string of the molecule is CC1CCC(CNC(=O)CNCC2CC2)(C(=O)O)CC1. The van der Waals surface area contributed by atoms with Crippen LogP contribution in [0, 0.1) is 17.3 Å². The van der Waals surface area contributed by atoms with E-state index in [9.17, 15) is 14.7 Å². The van der Waals surface area contributed by atoms with Gasteiger partial charge in [0.05, 0.1) is 12.0 Å². The molecular weight excluding hydrogens is 256 g/mol. The van der Waals surface area contributed by atoms with Crippen molar-refractivity contribution in [3.8, 4) is 0 Å². The third-order valence-corrected chi connectivity index (χ3v) is 4.72. The van der Waals surface area contributed by atoms with E-state index in [0.29, 0.717) is 25.3 Å². The summed E-state index contributed by atoms with van der Waals surface area (Å²) < 4.78 is 0. The number of carboxylic acid groups (broad SMARTS) is 1. The normalized spacial score (nSPS) is 29.9. The van der Waals surface area contributed by atoms with Gasteiger partial charge >= 0.3 is 5.97 Å². The van der Waals surface area contributed by atoms with E-state index >= 15 is 0 Å². The van der Waals surface area contributed by atoms with E-state index in [4.69, 9.17) is 0 Å². The molecule has 20 heavy (non-hydrogen) atoms. The Labute approximate surface area is 120 Å². The highest BCUT2D eigenvalue weighted by Crippen LogP contribution is 2.38. The van der Waals surface area contributed by atoms with E-state index < -0.39 is 11.4 Å². The van der Waals surface area contributed by atoms with Crippen LogP contribution in [0.4, 0.5) is 0 Å². The molecule has 0 atom stereocenters. The molecule has 2 saturated carbocycles. The van der Waals surface area contributed by atoms with Gasteiger partial charge in [0, 0.05) is 6.54 Å². The molecule has 0 heterocycles. The monoisotopic (exact) mass is 282 g/mol. The Morgan fingerprint density at radius 1 is 1.20 bits per heavy atom. The third-order valence-electron chi connectivity index (χ3n) is 4.72. The van der Waals surface area contributed by atoms with Crippen LogP contribution in [0.3, 0.4) is 0 Å². The molecule has 0 spiro atoms. The average Bonchev–Trinajstić information content (AvgIpc) is 3.22. The van der Waals surface area contributed by atoms with Crippen molar-refractivity contribution in [2.75, 3.05) is 19.6 Å². The largest absolute Gasteiger partial charge is 0.481 e. The summed E-state index contributed by atoms with van der Waals surface area (Å²) in [5, 5.41) is 15.4. The van der Waals surface area contributed by atoms with Crippen molar-refractivity contribution >= 4 is 11.9 Å². The van der Waals surface area contributed by atoms with Gasteiger partial charge < -0.3 is 15.7 Å². The summed E-state index contributed by atoms with van der Waals surface area (Å²) in [7, 11) is 0. The number of amides is 1. The zero-order valence-electron chi connectivity index (χ0n) is 12.3. The number of carboxylic acids is 1. The predicted octanol–water partition coefficient (Wildman–Crippen LogP) is 1.38. The topological polar surface area (TPSA) is 78.4 Å². The highest BCUT2D eigenvalue weighted by atomic mass is 16.4. The van der Waals surface area contributed by atoms with E-state index in [1.165, 1.54) is 12.8 Å². The summed E-state index contributed by atoms with van der Waals surface area (Å²) >= 11 is 0. The molecule has 0 aromatic heterocycles. The van der Waals surface area contributed by atoms with Gasteiger partial charge in [0.25, 0.3) is 0 Å². The van der Waals surface area contributed by atoms with E-state index in [1.54, 1.807) is 0 Å². The molecular formula is C15H26N2O3. The minimum atomic E-state index is -0.768. The van der Waals surface area contributed by atoms with Crippen molar-refractivity contribution in [2.24, 2.45) is 17.3 Å². The lowest BCUT2D eigenvalue weighted by Gasteiger charge is -2.35. The van der Waals surface area contributed by atoms with Gasteiger partial charge in [0.1, 0.15) is 0 Å². The van der Waals surface area contributed by atoms with E-state index in [0.717, 1.165) is 25.3 Å². The van der Waals surface area contributed by atoms with Crippen molar-refractivity contribution < 1.29 is 14.7 Å². The summed E-state index contributed by atoms with van der Waals surface area (Å²) in [4.78, 5) is 23.3. The molecule has 0 unspecified atom stereocenters. The van der Waals surface area contributed by atoms with E-state index in [1.807, 2.05) is 0 Å². The maximum atomic E-state index is 11.8. The number of hydrogen-bond donors (Lipinski definition) is 3. The number of carbonyl (C=O) groups is 2.